The zero-order chi connectivity index (χ0) is 30.1. The summed E-state index contributed by atoms with van der Waals surface area (Å²) >= 11 is 0. The molecule has 2 aliphatic heterocycles. The van der Waals surface area contributed by atoms with Crippen LogP contribution < -0.4 is 5.01 Å². The number of anilines is 1. The predicted molar refractivity (Wildman–Crippen MR) is 175 cm³/mol. The Hall–Kier alpha value is -5.27. The number of aryl methyl sites for hydroxylation is 1. The molecule has 0 amide bonds. The van der Waals surface area contributed by atoms with Gasteiger partial charge in [0.2, 0.25) is 5.90 Å². The molecule has 7 heteroatoms. The second-order valence-corrected chi connectivity index (χ2v) is 12.4. The Morgan fingerprint density at radius 1 is 0.705 bits per heavy atom. The maximum absolute atomic E-state index is 13.9. The summed E-state index contributed by atoms with van der Waals surface area (Å²) in [6.07, 6.45) is 1.98. The largest absolute Gasteiger partial charge is 0.439 e. The van der Waals surface area contributed by atoms with Crippen molar-refractivity contribution in [1.82, 2.24) is 0 Å². The second-order valence-electron chi connectivity index (χ2n) is 10.8. The molecule has 0 bridgehead atoms. The van der Waals surface area contributed by atoms with Gasteiger partial charge in [-0.2, -0.15) is 13.5 Å². The molecule has 2 heterocycles. The molecule has 6 nitrogen and oxygen atoms in total. The highest BCUT2D eigenvalue weighted by atomic mass is 32.2. The smallest absolute Gasteiger partial charge is 0.285 e. The van der Waals surface area contributed by atoms with Gasteiger partial charge in [-0.25, -0.2) is 5.01 Å². The predicted octanol–water partition coefficient (Wildman–Crippen LogP) is 7.60. The highest BCUT2D eigenvalue weighted by molar-refractivity contribution is 7.90. The van der Waals surface area contributed by atoms with Crippen LogP contribution in [0.2, 0.25) is 0 Å². The standard InChI is InChI=1S/C37H29N3O3S/c1-27-22-24-30(25-23-27)35-34(29-16-8-3-9-17-29)37(40(38-35)31-18-10-4-11-19-31)26-33(28-14-6-2-7-15-28)43-36(37)39-44(41,42)32-20-12-5-13-21-32/h2-26,34H,1H3. The first-order valence-electron chi connectivity index (χ1n) is 14.4. The Labute approximate surface area is 257 Å². The lowest BCUT2D eigenvalue weighted by atomic mass is 9.75. The summed E-state index contributed by atoms with van der Waals surface area (Å²) in [6.45, 7) is 2.05. The van der Waals surface area contributed by atoms with E-state index in [0.29, 0.717) is 5.76 Å². The third-order valence-electron chi connectivity index (χ3n) is 7.96. The molecular weight excluding hydrogens is 566 g/mol. The van der Waals surface area contributed by atoms with E-state index in [1.54, 1.807) is 30.3 Å². The van der Waals surface area contributed by atoms with Gasteiger partial charge in [-0.15, -0.1) is 4.40 Å². The molecule has 2 atom stereocenters. The molecule has 2 unspecified atom stereocenters. The Morgan fingerprint density at radius 3 is 1.91 bits per heavy atom. The molecule has 7 rings (SSSR count). The van der Waals surface area contributed by atoms with E-state index in [2.05, 4.69) is 28.7 Å². The van der Waals surface area contributed by atoms with Crippen molar-refractivity contribution in [2.75, 3.05) is 5.01 Å². The van der Waals surface area contributed by atoms with Crippen molar-refractivity contribution in [2.45, 2.75) is 23.3 Å². The van der Waals surface area contributed by atoms with Gasteiger partial charge in [-0.3, -0.25) is 0 Å². The molecule has 1 spiro atoms. The summed E-state index contributed by atoms with van der Waals surface area (Å²) in [4.78, 5) is 0.0830. The van der Waals surface area contributed by atoms with Gasteiger partial charge in [0.25, 0.3) is 10.0 Å². The molecule has 216 valence electrons. The zero-order valence-corrected chi connectivity index (χ0v) is 24.8. The highest BCUT2D eigenvalue weighted by Gasteiger charge is 2.60. The van der Waals surface area contributed by atoms with E-state index in [-0.39, 0.29) is 10.8 Å². The molecule has 5 aromatic rings. The lowest BCUT2D eigenvalue weighted by Crippen LogP contribution is -2.51. The normalized spacial score (nSPS) is 20.4. The molecule has 5 aromatic carbocycles. The highest BCUT2D eigenvalue weighted by Crippen LogP contribution is 2.51. The molecule has 0 fully saturated rings. The number of para-hydroxylation sites is 1. The van der Waals surface area contributed by atoms with Gasteiger partial charge in [0.1, 0.15) is 5.76 Å². The van der Waals surface area contributed by atoms with Crippen LogP contribution >= 0.6 is 0 Å². The van der Waals surface area contributed by atoms with Gasteiger partial charge >= 0.3 is 0 Å². The fraction of sp³-hybridized carbons (Fsp3) is 0.0811. The van der Waals surface area contributed by atoms with E-state index in [9.17, 15) is 8.42 Å². The quantitative estimate of drug-likeness (QED) is 0.203. The van der Waals surface area contributed by atoms with Crippen LogP contribution in [0.3, 0.4) is 0 Å². The fourth-order valence-corrected chi connectivity index (χ4v) is 6.86. The van der Waals surface area contributed by atoms with Crippen molar-refractivity contribution in [3.05, 3.63) is 174 Å². The van der Waals surface area contributed by atoms with Crippen molar-refractivity contribution < 1.29 is 13.2 Å². The molecule has 0 saturated heterocycles. The molecule has 0 aliphatic carbocycles. The SMILES string of the molecule is Cc1ccc(C2=NN(c3ccccc3)C3(C=C(c4ccccc4)OC3=NS(=O)(=O)c3ccccc3)C2c2ccccc2)cc1. The van der Waals surface area contributed by atoms with Crippen LogP contribution in [-0.4, -0.2) is 25.6 Å². The van der Waals surface area contributed by atoms with Gasteiger partial charge in [-0.1, -0.05) is 127 Å². The number of ether oxygens (including phenoxy) is 1. The van der Waals surface area contributed by atoms with Crippen LogP contribution in [0.4, 0.5) is 5.69 Å². The minimum atomic E-state index is -4.16. The first kappa shape index (κ1) is 27.6. The molecule has 0 saturated carbocycles. The third kappa shape index (κ3) is 4.81. The topological polar surface area (TPSA) is 71.3 Å². The van der Waals surface area contributed by atoms with Crippen LogP contribution in [0, 0.1) is 6.92 Å². The lowest BCUT2D eigenvalue weighted by molar-refractivity contribution is 0.474. The molecule has 0 N–H and O–H groups in total. The van der Waals surface area contributed by atoms with Crippen molar-refractivity contribution in [2.24, 2.45) is 9.50 Å². The van der Waals surface area contributed by atoms with E-state index in [0.717, 1.165) is 33.7 Å². The van der Waals surface area contributed by atoms with Gasteiger partial charge in [0.05, 0.1) is 22.2 Å². The molecule has 0 radical (unpaired) electrons. The van der Waals surface area contributed by atoms with E-state index in [1.807, 2.05) is 109 Å². The Morgan fingerprint density at radius 2 is 1.27 bits per heavy atom. The Kier molecular flexibility index (Phi) is 6.95. The number of sulfonamides is 1. The van der Waals surface area contributed by atoms with E-state index >= 15 is 0 Å². The summed E-state index contributed by atoms with van der Waals surface area (Å²) in [5, 5.41) is 7.15. The Bertz CT molecular complexity index is 1990. The number of hydrogen-bond donors (Lipinski definition) is 0. The second kappa shape index (κ2) is 11.1. The Balaban J connectivity index is 1.55. The number of benzene rings is 5. The number of rotatable bonds is 6. The van der Waals surface area contributed by atoms with Crippen LogP contribution in [0.15, 0.2) is 166 Å². The lowest BCUT2D eigenvalue weighted by Gasteiger charge is -2.36. The average molecular weight is 596 g/mol. The maximum atomic E-state index is 13.9. The maximum Gasteiger partial charge on any atom is 0.285 e. The van der Waals surface area contributed by atoms with Crippen LogP contribution in [-0.2, 0) is 14.8 Å². The van der Waals surface area contributed by atoms with E-state index < -0.39 is 21.5 Å². The number of hydrogen-bond acceptors (Lipinski definition) is 5. The van der Waals surface area contributed by atoms with E-state index in [1.165, 1.54) is 0 Å². The minimum absolute atomic E-state index is 0.0313. The van der Waals surface area contributed by atoms with Gasteiger partial charge in [0, 0.05) is 5.56 Å². The fourth-order valence-electron chi connectivity index (χ4n) is 5.85. The van der Waals surface area contributed by atoms with Gasteiger partial charge < -0.3 is 4.74 Å². The third-order valence-corrected chi connectivity index (χ3v) is 9.23. The van der Waals surface area contributed by atoms with Crippen molar-refractivity contribution in [3.8, 4) is 0 Å². The number of nitrogens with zero attached hydrogens (tertiary/aromatic N) is 3. The first-order chi connectivity index (χ1) is 21.5. The molecule has 44 heavy (non-hydrogen) atoms. The van der Waals surface area contributed by atoms with Crippen LogP contribution in [0.1, 0.15) is 28.2 Å². The first-order valence-corrected chi connectivity index (χ1v) is 15.8. The zero-order valence-electron chi connectivity index (χ0n) is 24.0. The summed E-state index contributed by atoms with van der Waals surface area (Å²) < 4.78 is 38.8. The van der Waals surface area contributed by atoms with Crippen molar-refractivity contribution in [1.29, 1.82) is 0 Å². The monoisotopic (exact) mass is 595 g/mol. The van der Waals surface area contributed by atoms with E-state index in [4.69, 9.17) is 9.84 Å². The van der Waals surface area contributed by atoms with Gasteiger partial charge in [-0.05, 0) is 48.4 Å². The molecular formula is C37H29N3O3S. The molecule has 0 aromatic heterocycles. The van der Waals surface area contributed by atoms with Crippen LogP contribution in [0.5, 0.6) is 0 Å². The van der Waals surface area contributed by atoms with Crippen molar-refractivity contribution >= 4 is 33.1 Å². The van der Waals surface area contributed by atoms with Crippen LogP contribution in [0.25, 0.3) is 5.76 Å². The van der Waals surface area contributed by atoms with Crippen molar-refractivity contribution in [3.63, 3.8) is 0 Å². The summed E-state index contributed by atoms with van der Waals surface area (Å²) in [7, 11) is -4.16. The minimum Gasteiger partial charge on any atom is -0.439 e. The molecule has 2 aliphatic rings. The summed E-state index contributed by atoms with van der Waals surface area (Å²) in [5.74, 6) is 0.0659. The average Bonchev–Trinajstić information content (AvgIpc) is 3.61. The number of hydrazone groups is 1. The summed E-state index contributed by atoms with van der Waals surface area (Å²) in [5.41, 5.74) is 4.10. The summed E-state index contributed by atoms with van der Waals surface area (Å²) in [6, 6.07) is 45.9. The van der Waals surface area contributed by atoms with Gasteiger partial charge in [0.15, 0.2) is 5.54 Å².